The minimum atomic E-state index is -1.60. The van der Waals surface area contributed by atoms with Crippen molar-refractivity contribution in [3.63, 3.8) is 0 Å². The molecule has 1 heterocycles. The zero-order valence-corrected chi connectivity index (χ0v) is 11.8. The Labute approximate surface area is 126 Å². The topological polar surface area (TPSA) is 137 Å². The Bertz CT molecular complexity index is 544. The molecule has 1 aliphatic rings. The second-order valence-corrected chi connectivity index (χ2v) is 5.02. The molecule has 1 aromatic rings. The van der Waals surface area contributed by atoms with Gasteiger partial charge in [0.15, 0.2) is 5.78 Å². The van der Waals surface area contributed by atoms with Gasteiger partial charge >= 0.3 is 0 Å². The van der Waals surface area contributed by atoms with Gasteiger partial charge in [-0.05, 0) is 19.1 Å². The normalized spacial score (nSPS) is 31.8. The van der Waals surface area contributed by atoms with E-state index >= 15 is 0 Å². The Kier molecular flexibility index (Phi) is 4.99. The molecule has 5 N–H and O–H groups in total. The standard InChI is InChI=1S/C14H18O8/c1-6(16)10-7(17)3-2-4-8(10)21-14-13(20)12(19)11(18)9(5-15)22-14/h2-4,9,11-15,17-20H,5H2,1H3/t9?,11?,12?,13?,14-/m0/s1. The van der Waals surface area contributed by atoms with E-state index in [-0.39, 0.29) is 17.1 Å². The lowest BCUT2D eigenvalue weighted by atomic mass is 9.99. The first kappa shape index (κ1) is 16.7. The van der Waals surface area contributed by atoms with Crippen molar-refractivity contribution in [1.29, 1.82) is 0 Å². The molecule has 1 aliphatic heterocycles. The first-order chi connectivity index (χ1) is 10.4. The van der Waals surface area contributed by atoms with Crippen LogP contribution in [0, 0.1) is 0 Å². The number of aromatic hydroxyl groups is 1. The van der Waals surface area contributed by atoms with E-state index in [0.29, 0.717) is 0 Å². The highest BCUT2D eigenvalue weighted by Crippen LogP contribution is 2.31. The van der Waals surface area contributed by atoms with Crippen molar-refractivity contribution < 1.29 is 39.8 Å². The maximum Gasteiger partial charge on any atom is 0.229 e. The molecule has 22 heavy (non-hydrogen) atoms. The molecule has 1 saturated heterocycles. The molecule has 122 valence electrons. The van der Waals surface area contributed by atoms with Gasteiger partial charge in [-0.25, -0.2) is 0 Å². The van der Waals surface area contributed by atoms with Gasteiger partial charge in [-0.15, -0.1) is 0 Å². The van der Waals surface area contributed by atoms with E-state index in [4.69, 9.17) is 14.6 Å². The van der Waals surface area contributed by atoms with Gasteiger partial charge in [0.1, 0.15) is 41.5 Å². The molecule has 1 aromatic carbocycles. The molecule has 4 unspecified atom stereocenters. The van der Waals surface area contributed by atoms with Crippen LogP contribution in [-0.4, -0.2) is 68.6 Å². The van der Waals surface area contributed by atoms with Gasteiger partial charge in [-0.3, -0.25) is 4.79 Å². The number of hydrogen-bond acceptors (Lipinski definition) is 8. The third kappa shape index (κ3) is 3.06. The van der Waals surface area contributed by atoms with Crippen molar-refractivity contribution in [2.24, 2.45) is 0 Å². The van der Waals surface area contributed by atoms with E-state index in [0.717, 1.165) is 0 Å². The van der Waals surface area contributed by atoms with Crippen LogP contribution in [0.25, 0.3) is 0 Å². The third-order valence-electron chi connectivity index (χ3n) is 3.45. The highest BCUT2D eigenvalue weighted by molar-refractivity contribution is 5.99. The van der Waals surface area contributed by atoms with Gasteiger partial charge in [0.2, 0.25) is 6.29 Å². The number of hydrogen-bond donors (Lipinski definition) is 5. The van der Waals surface area contributed by atoms with Crippen molar-refractivity contribution in [2.45, 2.75) is 37.6 Å². The zero-order valence-electron chi connectivity index (χ0n) is 11.8. The Morgan fingerprint density at radius 3 is 2.50 bits per heavy atom. The molecule has 0 aliphatic carbocycles. The van der Waals surface area contributed by atoms with Crippen LogP contribution in [0.2, 0.25) is 0 Å². The minimum absolute atomic E-state index is 0.0446. The molecule has 8 heteroatoms. The number of aliphatic hydroxyl groups is 4. The quantitative estimate of drug-likeness (QED) is 0.436. The number of carbonyl (C=O) groups is 1. The summed E-state index contributed by atoms with van der Waals surface area (Å²) < 4.78 is 10.5. The third-order valence-corrected chi connectivity index (χ3v) is 3.45. The van der Waals surface area contributed by atoms with Gasteiger partial charge < -0.3 is 35.0 Å². The number of aliphatic hydroxyl groups excluding tert-OH is 4. The van der Waals surface area contributed by atoms with Crippen molar-refractivity contribution in [1.82, 2.24) is 0 Å². The molecule has 0 spiro atoms. The van der Waals surface area contributed by atoms with Crippen LogP contribution in [0.5, 0.6) is 11.5 Å². The second-order valence-electron chi connectivity index (χ2n) is 5.02. The van der Waals surface area contributed by atoms with Crippen LogP contribution < -0.4 is 4.74 Å². The van der Waals surface area contributed by atoms with Crippen LogP contribution >= 0.6 is 0 Å². The summed E-state index contributed by atoms with van der Waals surface area (Å²) in [6.45, 7) is 0.639. The van der Waals surface area contributed by atoms with Gasteiger partial charge in [-0.2, -0.15) is 0 Å². The van der Waals surface area contributed by atoms with Gasteiger partial charge in [0.05, 0.1) is 6.61 Å². The molecule has 0 aromatic heterocycles. The molecule has 8 nitrogen and oxygen atoms in total. The molecule has 0 amide bonds. The molecule has 0 bridgehead atoms. The summed E-state index contributed by atoms with van der Waals surface area (Å²) in [4.78, 5) is 11.6. The Morgan fingerprint density at radius 2 is 1.91 bits per heavy atom. The summed E-state index contributed by atoms with van der Waals surface area (Å²) in [6.07, 6.45) is -7.23. The number of ketones is 1. The molecule has 1 fully saturated rings. The lowest BCUT2D eigenvalue weighted by Gasteiger charge is -2.39. The van der Waals surface area contributed by atoms with Crippen molar-refractivity contribution in [2.75, 3.05) is 6.61 Å². The van der Waals surface area contributed by atoms with Crippen LogP contribution in [-0.2, 0) is 4.74 Å². The number of ether oxygens (including phenoxy) is 2. The molecule has 0 radical (unpaired) electrons. The maximum absolute atomic E-state index is 11.6. The number of carbonyl (C=O) groups excluding carboxylic acids is 1. The van der Waals surface area contributed by atoms with Crippen LogP contribution in [0.4, 0.5) is 0 Å². The predicted octanol–water partition coefficient (Wildman–Crippen LogP) is -1.23. The Morgan fingerprint density at radius 1 is 1.23 bits per heavy atom. The largest absolute Gasteiger partial charge is 0.507 e. The summed E-state index contributed by atoms with van der Waals surface area (Å²) in [7, 11) is 0. The average molecular weight is 314 g/mol. The smallest absolute Gasteiger partial charge is 0.229 e. The van der Waals surface area contributed by atoms with E-state index in [1.165, 1.54) is 25.1 Å². The van der Waals surface area contributed by atoms with E-state index in [1.807, 2.05) is 0 Å². The molecule has 0 saturated carbocycles. The molecule has 2 rings (SSSR count). The fourth-order valence-corrected chi connectivity index (χ4v) is 2.26. The first-order valence-electron chi connectivity index (χ1n) is 6.67. The second kappa shape index (κ2) is 6.59. The van der Waals surface area contributed by atoms with E-state index in [2.05, 4.69) is 0 Å². The van der Waals surface area contributed by atoms with E-state index < -0.39 is 43.1 Å². The van der Waals surface area contributed by atoms with E-state index in [9.17, 15) is 25.2 Å². The number of rotatable bonds is 4. The van der Waals surface area contributed by atoms with Crippen molar-refractivity contribution >= 4 is 5.78 Å². The Hall–Kier alpha value is -1.71. The summed E-state index contributed by atoms with van der Waals surface area (Å²) >= 11 is 0. The van der Waals surface area contributed by atoms with Crippen LogP contribution in [0.15, 0.2) is 18.2 Å². The summed E-state index contributed by atoms with van der Waals surface area (Å²) in [5, 5.41) is 48.1. The number of Topliss-reactive ketones (excluding diaryl/α,β-unsaturated/α-hetero) is 1. The monoisotopic (exact) mass is 314 g/mol. The number of phenols is 1. The fourth-order valence-electron chi connectivity index (χ4n) is 2.26. The van der Waals surface area contributed by atoms with Gasteiger partial charge in [-0.1, -0.05) is 6.07 Å². The highest BCUT2D eigenvalue weighted by atomic mass is 16.7. The fraction of sp³-hybridized carbons (Fsp3) is 0.500. The number of benzene rings is 1. The van der Waals surface area contributed by atoms with Gasteiger partial charge in [0.25, 0.3) is 0 Å². The SMILES string of the molecule is CC(=O)c1c(O)cccc1O[C@H]1OC(CO)C(O)C(O)C1O. The summed E-state index contributed by atoms with van der Waals surface area (Å²) in [5.41, 5.74) is -0.0977. The zero-order chi connectivity index (χ0) is 16.4. The summed E-state index contributed by atoms with van der Waals surface area (Å²) in [5.74, 6) is -0.802. The minimum Gasteiger partial charge on any atom is -0.507 e. The molecule has 5 atom stereocenters. The summed E-state index contributed by atoms with van der Waals surface area (Å²) in [6, 6.07) is 4.12. The van der Waals surface area contributed by atoms with Crippen molar-refractivity contribution in [3.8, 4) is 11.5 Å². The van der Waals surface area contributed by atoms with Crippen LogP contribution in [0.1, 0.15) is 17.3 Å². The number of phenolic OH excluding ortho intramolecular Hbond substituents is 1. The first-order valence-corrected chi connectivity index (χ1v) is 6.67. The van der Waals surface area contributed by atoms with Gasteiger partial charge in [0, 0.05) is 0 Å². The molecular weight excluding hydrogens is 296 g/mol. The maximum atomic E-state index is 11.6. The lowest BCUT2D eigenvalue weighted by Crippen LogP contribution is -2.60. The Balaban J connectivity index is 2.27. The average Bonchev–Trinajstić information content (AvgIpc) is 2.47. The molecular formula is C14H18O8. The predicted molar refractivity (Wildman–Crippen MR) is 72.5 cm³/mol. The highest BCUT2D eigenvalue weighted by Gasteiger charge is 2.45. The van der Waals surface area contributed by atoms with Crippen LogP contribution in [0.3, 0.4) is 0 Å². The van der Waals surface area contributed by atoms with Crippen molar-refractivity contribution in [3.05, 3.63) is 23.8 Å². The van der Waals surface area contributed by atoms with E-state index in [1.54, 1.807) is 0 Å². The lowest BCUT2D eigenvalue weighted by molar-refractivity contribution is -0.277.